The lowest BCUT2D eigenvalue weighted by molar-refractivity contribution is -0.108. The van der Waals surface area contributed by atoms with Gasteiger partial charge in [-0.1, -0.05) is 18.2 Å². The maximum absolute atomic E-state index is 5.33. The van der Waals surface area contributed by atoms with Crippen LogP contribution in [0.4, 0.5) is 0 Å². The summed E-state index contributed by atoms with van der Waals surface area (Å²) in [6, 6.07) is 9.61. The highest BCUT2D eigenvalue weighted by atomic mass is 16.7. The first-order chi connectivity index (χ1) is 9.78. The Morgan fingerprint density at radius 2 is 1.80 bits per heavy atom. The van der Waals surface area contributed by atoms with Gasteiger partial charge in [-0.3, -0.25) is 0 Å². The number of aromatic nitrogens is 2. The molecule has 1 aromatic carbocycles. The van der Waals surface area contributed by atoms with Crippen LogP contribution in [0.1, 0.15) is 23.4 Å². The Bertz CT molecular complexity index is 556. The topological polar surface area (TPSA) is 53.5 Å². The lowest BCUT2D eigenvalue weighted by Gasteiger charge is -2.13. The Balaban J connectivity index is 2.23. The molecule has 2 rings (SSSR count). The van der Waals surface area contributed by atoms with E-state index in [1.165, 1.54) is 0 Å². The first-order valence-corrected chi connectivity index (χ1v) is 6.27. The molecule has 0 spiro atoms. The van der Waals surface area contributed by atoms with Gasteiger partial charge in [0.1, 0.15) is 11.6 Å². The van der Waals surface area contributed by atoms with E-state index in [9.17, 15) is 0 Å². The van der Waals surface area contributed by atoms with E-state index in [0.29, 0.717) is 17.9 Å². The monoisotopic (exact) mass is 274 g/mol. The molecule has 0 atom stereocenters. The molecule has 1 aromatic heterocycles. The molecule has 0 saturated heterocycles. The molecule has 2 aromatic rings. The van der Waals surface area contributed by atoms with E-state index in [-0.39, 0.29) is 0 Å². The number of rotatable bonds is 6. The minimum atomic E-state index is -0.477. The highest BCUT2D eigenvalue weighted by molar-refractivity contribution is 5.35. The van der Waals surface area contributed by atoms with E-state index < -0.39 is 6.29 Å². The van der Waals surface area contributed by atoms with E-state index in [2.05, 4.69) is 9.97 Å². The normalized spacial score (nSPS) is 10.8. The van der Waals surface area contributed by atoms with Gasteiger partial charge in [-0.25, -0.2) is 9.97 Å². The average molecular weight is 274 g/mol. The molecule has 0 unspecified atom stereocenters. The van der Waals surface area contributed by atoms with Crippen LogP contribution in [0.2, 0.25) is 0 Å². The second-order valence-electron chi connectivity index (χ2n) is 4.19. The van der Waals surface area contributed by atoms with Crippen LogP contribution in [0.3, 0.4) is 0 Å². The van der Waals surface area contributed by atoms with E-state index in [0.717, 1.165) is 11.3 Å². The zero-order valence-corrected chi connectivity index (χ0v) is 11.9. The maximum atomic E-state index is 5.33. The zero-order valence-electron chi connectivity index (χ0n) is 11.9. The standard InChI is InChI=1S/C15H18N2O3/c1-18-13-7-5-4-6-11(13)10-14-16-9-8-12(17-14)15(19-2)20-3/h4-9,15H,10H2,1-3H3. The van der Waals surface area contributed by atoms with Crippen LogP contribution >= 0.6 is 0 Å². The number of hydrogen-bond acceptors (Lipinski definition) is 5. The van der Waals surface area contributed by atoms with Crippen molar-refractivity contribution < 1.29 is 14.2 Å². The Morgan fingerprint density at radius 1 is 1.05 bits per heavy atom. The first-order valence-electron chi connectivity index (χ1n) is 6.27. The molecule has 0 fully saturated rings. The summed E-state index contributed by atoms with van der Waals surface area (Å²) in [6.07, 6.45) is 1.82. The minimum absolute atomic E-state index is 0.477. The van der Waals surface area contributed by atoms with E-state index in [1.807, 2.05) is 24.3 Å². The van der Waals surface area contributed by atoms with E-state index in [4.69, 9.17) is 14.2 Å². The molecule has 0 aliphatic carbocycles. The fourth-order valence-electron chi connectivity index (χ4n) is 1.99. The molecule has 0 N–H and O–H groups in total. The molecule has 0 saturated carbocycles. The molecule has 0 radical (unpaired) electrons. The fourth-order valence-corrected chi connectivity index (χ4v) is 1.99. The molecule has 5 heteroatoms. The first kappa shape index (κ1) is 14.4. The predicted molar refractivity (Wildman–Crippen MR) is 74.6 cm³/mol. The minimum Gasteiger partial charge on any atom is -0.496 e. The van der Waals surface area contributed by atoms with Gasteiger partial charge < -0.3 is 14.2 Å². The summed E-state index contributed by atoms with van der Waals surface area (Å²) in [4.78, 5) is 8.75. The molecule has 1 heterocycles. The second kappa shape index (κ2) is 6.98. The molecule has 20 heavy (non-hydrogen) atoms. The largest absolute Gasteiger partial charge is 0.496 e. The second-order valence-corrected chi connectivity index (χ2v) is 4.19. The van der Waals surface area contributed by atoms with Crippen LogP contribution < -0.4 is 4.74 Å². The van der Waals surface area contributed by atoms with E-state index in [1.54, 1.807) is 33.6 Å². The fraction of sp³-hybridized carbons (Fsp3) is 0.333. The Morgan fingerprint density at radius 3 is 2.50 bits per heavy atom. The third kappa shape index (κ3) is 3.31. The van der Waals surface area contributed by atoms with Crippen molar-refractivity contribution in [1.29, 1.82) is 0 Å². The van der Waals surface area contributed by atoms with Crippen molar-refractivity contribution in [2.45, 2.75) is 12.7 Å². The number of para-hydroxylation sites is 1. The SMILES string of the molecule is COc1ccccc1Cc1nccc(C(OC)OC)n1. The third-order valence-electron chi connectivity index (χ3n) is 2.94. The van der Waals surface area contributed by atoms with Crippen LogP contribution in [0, 0.1) is 0 Å². The number of ether oxygens (including phenoxy) is 3. The van der Waals surface area contributed by atoms with Gasteiger partial charge in [0.25, 0.3) is 0 Å². The Hall–Kier alpha value is -1.98. The number of nitrogens with zero attached hydrogens (tertiary/aromatic N) is 2. The molecule has 0 bridgehead atoms. The summed E-state index contributed by atoms with van der Waals surface area (Å²) in [7, 11) is 4.81. The van der Waals surface area contributed by atoms with E-state index >= 15 is 0 Å². The smallest absolute Gasteiger partial charge is 0.200 e. The quantitative estimate of drug-likeness (QED) is 0.757. The molecule has 106 valence electrons. The van der Waals surface area contributed by atoms with Gasteiger partial charge in [0.2, 0.25) is 6.29 Å². The van der Waals surface area contributed by atoms with Gasteiger partial charge in [0, 0.05) is 32.4 Å². The lowest BCUT2D eigenvalue weighted by atomic mass is 10.1. The van der Waals surface area contributed by atoms with Crippen molar-refractivity contribution in [3.8, 4) is 5.75 Å². The van der Waals surface area contributed by atoms with Gasteiger partial charge in [-0.2, -0.15) is 0 Å². The predicted octanol–water partition coefficient (Wildman–Crippen LogP) is 2.37. The van der Waals surface area contributed by atoms with Crippen molar-refractivity contribution in [2.75, 3.05) is 21.3 Å². The van der Waals surface area contributed by atoms with Crippen molar-refractivity contribution >= 4 is 0 Å². The van der Waals surface area contributed by atoms with Gasteiger partial charge in [-0.15, -0.1) is 0 Å². The molecule has 0 aliphatic heterocycles. The van der Waals surface area contributed by atoms with Crippen molar-refractivity contribution in [1.82, 2.24) is 9.97 Å². The zero-order chi connectivity index (χ0) is 14.4. The summed E-state index contributed by atoms with van der Waals surface area (Å²) in [5, 5.41) is 0. The van der Waals surface area contributed by atoms with Crippen LogP contribution in [-0.2, 0) is 15.9 Å². The third-order valence-corrected chi connectivity index (χ3v) is 2.94. The van der Waals surface area contributed by atoms with Crippen LogP contribution in [0.15, 0.2) is 36.5 Å². The Labute approximate surface area is 118 Å². The van der Waals surface area contributed by atoms with Crippen molar-refractivity contribution in [3.63, 3.8) is 0 Å². The summed E-state index contributed by atoms with van der Waals surface area (Å²) in [6.45, 7) is 0. The molecule has 0 amide bonds. The molecular formula is C15H18N2O3. The van der Waals surface area contributed by atoms with Crippen LogP contribution in [0.5, 0.6) is 5.75 Å². The lowest BCUT2D eigenvalue weighted by Crippen LogP contribution is -2.09. The Kier molecular flexibility index (Phi) is 5.03. The highest BCUT2D eigenvalue weighted by Crippen LogP contribution is 2.20. The highest BCUT2D eigenvalue weighted by Gasteiger charge is 2.12. The molecule has 0 aliphatic rings. The van der Waals surface area contributed by atoms with Crippen LogP contribution in [0.25, 0.3) is 0 Å². The van der Waals surface area contributed by atoms with Gasteiger partial charge in [0.05, 0.1) is 12.8 Å². The van der Waals surface area contributed by atoms with Gasteiger partial charge >= 0.3 is 0 Å². The van der Waals surface area contributed by atoms with Gasteiger partial charge in [-0.05, 0) is 12.1 Å². The maximum Gasteiger partial charge on any atom is 0.200 e. The van der Waals surface area contributed by atoms with Crippen LogP contribution in [-0.4, -0.2) is 31.3 Å². The summed E-state index contributed by atoms with van der Waals surface area (Å²) >= 11 is 0. The molecule has 5 nitrogen and oxygen atoms in total. The summed E-state index contributed by atoms with van der Waals surface area (Å²) in [5.74, 6) is 1.53. The number of hydrogen-bond donors (Lipinski definition) is 0. The van der Waals surface area contributed by atoms with Crippen molar-refractivity contribution in [2.24, 2.45) is 0 Å². The summed E-state index contributed by atoms with van der Waals surface area (Å²) < 4.78 is 15.7. The van der Waals surface area contributed by atoms with Crippen molar-refractivity contribution in [3.05, 3.63) is 53.6 Å². The molecular weight excluding hydrogens is 256 g/mol. The number of benzene rings is 1. The summed E-state index contributed by atoms with van der Waals surface area (Å²) in [5.41, 5.74) is 1.74. The number of methoxy groups -OCH3 is 3. The van der Waals surface area contributed by atoms with Gasteiger partial charge in [0.15, 0.2) is 0 Å². The average Bonchev–Trinajstić information content (AvgIpc) is 2.49.